The molecule has 4 rings (SSSR count). The van der Waals surface area contributed by atoms with Gasteiger partial charge >= 0.3 is 0 Å². The number of rotatable bonds is 9. The Morgan fingerprint density at radius 3 is 2.64 bits per heavy atom. The first-order chi connectivity index (χ1) is 18.6. The molecule has 0 bridgehead atoms. The first-order valence-electron chi connectivity index (χ1n) is 12.5. The Morgan fingerprint density at radius 1 is 1.18 bits per heavy atom. The van der Waals surface area contributed by atoms with Crippen LogP contribution in [-0.2, 0) is 33.0 Å². The normalized spacial score (nSPS) is 17.1. The summed E-state index contributed by atoms with van der Waals surface area (Å²) in [5.74, 6) is -1.15. The minimum Gasteiger partial charge on any atom is -0.395 e. The summed E-state index contributed by atoms with van der Waals surface area (Å²) in [7, 11) is -0.0701. The summed E-state index contributed by atoms with van der Waals surface area (Å²) in [5.41, 5.74) is 1.04. The Kier molecular flexibility index (Phi) is 9.44. The van der Waals surface area contributed by atoms with Crippen LogP contribution in [0.1, 0.15) is 12.1 Å². The van der Waals surface area contributed by atoms with Crippen LogP contribution in [0.4, 0.5) is 0 Å². The number of sulfone groups is 1. The highest BCUT2D eigenvalue weighted by Crippen LogP contribution is 2.24. The Bertz CT molecular complexity index is 1530. The van der Waals surface area contributed by atoms with E-state index in [0.29, 0.717) is 18.1 Å². The molecule has 1 aromatic heterocycles. The van der Waals surface area contributed by atoms with Crippen LogP contribution in [0, 0.1) is 0 Å². The lowest BCUT2D eigenvalue weighted by Gasteiger charge is -2.40. The molecule has 0 spiro atoms. The molecule has 1 atom stereocenters. The predicted octanol–water partition coefficient (Wildman–Crippen LogP) is 1.41. The van der Waals surface area contributed by atoms with Gasteiger partial charge in [-0.25, -0.2) is 8.42 Å². The SMILES string of the molecule is CN=c1scc(CN2CCN(C(=O)CCS(=O)(=O)c3ccc4cc(Cl)ccc4c3)C(C(=O)NCCO)C2)n1C. The number of hydrogen-bond donors (Lipinski definition) is 2. The fourth-order valence-electron chi connectivity index (χ4n) is 4.65. The third-order valence-electron chi connectivity index (χ3n) is 6.81. The Balaban J connectivity index is 1.46. The molecular weight excluding hydrogens is 562 g/mol. The lowest BCUT2D eigenvalue weighted by Crippen LogP contribution is -2.60. The highest BCUT2D eigenvalue weighted by atomic mass is 35.5. The summed E-state index contributed by atoms with van der Waals surface area (Å²) >= 11 is 7.56. The number of piperazine rings is 1. The summed E-state index contributed by atoms with van der Waals surface area (Å²) in [5, 5.41) is 16.0. The lowest BCUT2D eigenvalue weighted by atomic mass is 10.1. The smallest absolute Gasteiger partial charge is 0.244 e. The maximum absolute atomic E-state index is 13.3. The van der Waals surface area contributed by atoms with E-state index in [9.17, 15) is 18.0 Å². The zero-order chi connectivity index (χ0) is 28.2. The van der Waals surface area contributed by atoms with Crippen LogP contribution < -0.4 is 10.1 Å². The fourth-order valence-corrected chi connectivity index (χ4v) is 6.95. The van der Waals surface area contributed by atoms with Gasteiger partial charge in [0.2, 0.25) is 11.8 Å². The van der Waals surface area contributed by atoms with Gasteiger partial charge in [0.25, 0.3) is 0 Å². The number of amides is 2. The summed E-state index contributed by atoms with van der Waals surface area (Å²) in [6.45, 7) is 1.53. The minimum atomic E-state index is -3.74. The largest absolute Gasteiger partial charge is 0.395 e. The van der Waals surface area contributed by atoms with Crippen molar-refractivity contribution in [2.45, 2.75) is 23.9 Å². The van der Waals surface area contributed by atoms with E-state index in [2.05, 4.69) is 15.2 Å². The van der Waals surface area contributed by atoms with Crippen LogP contribution in [0.5, 0.6) is 0 Å². The molecule has 2 heterocycles. The molecular formula is C26H32ClN5O5S2. The Morgan fingerprint density at radius 2 is 1.92 bits per heavy atom. The van der Waals surface area contributed by atoms with Gasteiger partial charge in [-0.05, 0) is 35.0 Å². The van der Waals surface area contributed by atoms with Crippen molar-refractivity contribution in [3.63, 3.8) is 0 Å². The fraction of sp³-hybridized carbons (Fsp3) is 0.423. The van der Waals surface area contributed by atoms with E-state index in [1.807, 2.05) is 17.0 Å². The van der Waals surface area contributed by atoms with Crippen LogP contribution in [0.15, 0.2) is 51.7 Å². The van der Waals surface area contributed by atoms with Crippen molar-refractivity contribution in [2.75, 3.05) is 45.6 Å². The number of nitrogens with one attached hydrogen (secondary N) is 1. The first kappa shape index (κ1) is 29.2. The number of fused-ring (bicyclic) bond motifs is 1. The van der Waals surface area contributed by atoms with E-state index < -0.39 is 21.8 Å². The van der Waals surface area contributed by atoms with Crippen molar-refractivity contribution in [1.82, 2.24) is 19.7 Å². The molecule has 13 heteroatoms. The number of hydrogen-bond acceptors (Lipinski definition) is 8. The molecule has 1 fully saturated rings. The van der Waals surface area contributed by atoms with Crippen LogP contribution in [-0.4, -0.2) is 91.3 Å². The molecule has 3 aromatic rings. The van der Waals surface area contributed by atoms with Crippen molar-refractivity contribution in [1.29, 1.82) is 0 Å². The third-order valence-corrected chi connectivity index (χ3v) is 9.82. The monoisotopic (exact) mass is 593 g/mol. The summed E-state index contributed by atoms with van der Waals surface area (Å²) in [4.78, 5) is 35.0. The van der Waals surface area contributed by atoms with E-state index in [-0.39, 0.29) is 49.2 Å². The molecule has 2 aromatic carbocycles. The number of nitrogens with zero attached hydrogens (tertiary/aromatic N) is 4. The molecule has 1 aliphatic heterocycles. The standard InChI is InChI=1S/C26H32ClN5O5S2/c1-28-26-30(2)21(17-38-26)15-31-9-10-32(23(16-31)25(35)29-8-11-33)24(34)7-12-39(36,37)22-6-4-18-13-20(27)5-3-19(18)14-22/h3-6,13-14,17,23,33H,7-12,15-16H2,1-2H3,(H,29,35). The molecule has 1 saturated heterocycles. The average molecular weight is 594 g/mol. The van der Waals surface area contributed by atoms with E-state index in [1.165, 1.54) is 22.3 Å². The van der Waals surface area contributed by atoms with E-state index in [1.54, 1.807) is 37.4 Å². The second-order valence-electron chi connectivity index (χ2n) is 9.37. The quantitative estimate of drug-likeness (QED) is 0.387. The summed E-state index contributed by atoms with van der Waals surface area (Å²) in [6.07, 6.45) is -0.244. The molecule has 1 unspecified atom stereocenters. The van der Waals surface area contributed by atoms with Gasteiger partial charge in [-0.2, -0.15) is 0 Å². The zero-order valence-electron chi connectivity index (χ0n) is 21.8. The van der Waals surface area contributed by atoms with Gasteiger partial charge < -0.3 is 19.9 Å². The third kappa shape index (κ3) is 6.87. The molecule has 0 saturated carbocycles. The predicted molar refractivity (Wildman–Crippen MR) is 151 cm³/mol. The van der Waals surface area contributed by atoms with Crippen LogP contribution in [0.25, 0.3) is 10.8 Å². The number of aliphatic hydroxyl groups excluding tert-OH is 1. The van der Waals surface area contributed by atoms with Crippen LogP contribution in [0.3, 0.4) is 0 Å². The minimum absolute atomic E-state index is 0.0692. The molecule has 39 heavy (non-hydrogen) atoms. The number of aliphatic hydroxyl groups is 1. The van der Waals surface area contributed by atoms with E-state index >= 15 is 0 Å². The number of carbonyl (C=O) groups is 2. The van der Waals surface area contributed by atoms with Gasteiger partial charge in [0.15, 0.2) is 14.6 Å². The first-order valence-corrected chi connectivity index (χ1v) is 15.4. The average Bonchev–Trinajstić information content (AvgIpc) is 3.28. The topological polar surface area (TPSA) is 124 Å². The number of carbonyl (C=O) groups excluding carboxylic acids is 2. The molecule has 0 aliphatic carbocycles. The van der Waals surface area contributed by atoms with Gasteiger partial charge in [-0.3, -0.25) is 19.5 Å². The van der Waals surface area contributed by atoms with Gasteiger partial charge in [0, 0.05) is 69.3 Å². The van der Waals surface area contributed by atoms with Crippen molar-refractivity contribution in [3.05, 3.63) is 57.3 Å². The van der Waals surface area contributed by atoms with Crippen LogP contribution in [0.2, 0.25) is 5.02 Å². The maximum Gasteiger partial charge on any atom is 0.244 e. The number of thiazole rings is 1. The van der Waals surface area contributed by atoms with E-state index in [4.69, 9.17) is 16.7 Å². The van der Waals surface area contributed by atoms with E-state index in [0.717, 1.165) is 21.3 Å². The van der Waals surface area contributed by atoms with Gasteiger partial charge in [-0.15, -0.1) is 11.3 Å². The van der Waals surface area contributed by atoms with Gasteiger partial charge in [0.05, 0.1) is 17.3 Å². The number of halogens is 1. The molecule has 0 radical (unpaired) electrons. The van der Waals surface area contributed by atoms with Gasteiger partial charge in [0.1, 0.15) is 6.04 Å². The van der Waals surface area contributed by atoms with Crippen molar-refractivity contribution >= 4 is 55.4 Å². The zero-order valence-corrected chi connectivity index (χ0v) is 24.2. The molecule has 2 N–H and O–H groups in total. The Hall–Kier alpha value is -2.77. The highest BCUT2D eigenvalue weighted by molar-refractivity contribution is 7.91. The lowest BCUT2D eigenvalue weighted by molar-refractivity contribution is -0.144. The molecule has 10 nitrogen and oxygen atoms in total. The second kappa shape index (κ2) is 12.6. The van der Waals surface area contributed by atoms with Crippen molar-refractivity contribution in [2.24, 2.45) is 12.0 Å². The summed E-state index contributed by atoms with van der Waals surface area (Å²) in [6, 6.07) is 9.20. The Labute approximate surface area is 236 Å². The van der Waals surface area contributed by atoms with Crippen molar-refractivity contribution < 1.29 is 23.1 Å². The number of aromatic nitrogens is 1. The van der Waals surface area contributed by atoms with Crippen LogP contribution >= 0.6 is 22.9 Å². The molecule has 1 aliphatic rings. The molecule has 210 valence electrons. The second-order valence-corrected chi connectivity index (χ2v) is 12.7. The van der Waals surface area contributed by atoms with Gasteiger partial charge in [-0.1, -0.05) is 23.7 Å². The highest BCUT2D eigenvalue weighted by Gasteiger charge is 2.35. The van der Waals surface area contributed by atoms with Crippen molar-refractivity contribution in [3.8, 4) is 0 Å². The number of benzene rings is 2. The molecule has 2 amide bonds. The summed E-state index contributed by atoms with van der Waals surface area (Å²) < 4.78 is 28.2. The maximum atomic E-state index is 13.3.